The Balaban J connectivity index is 2.72. The molecular weight excluding hydrogens is 237 g/mol. The Hall–Kier alpha value is -1.62. The second-order valence-corrected chi connectivity index (χ2v) is 3.79. The van der Waals surface area contributed by atoms with Gasteiger partial charge in [-0.15, -0.1) is 0 Å². The third-order valence-corrected chi connectivity index (χ3v) is 2.54. The van der Waals surface area contributed by atoms with Crippen LogP contribution in [0.1, 0.15) is 25.5 Å². The minimum absolute atomic E-state index is 0.0580. The van der Waals surface area contributed by atoms with E-state index >= 15 is 0 Å². The molecule has 0 aliphatic heterocycles. The topological polar surface area (TPSA) is 47.6 Å². The van der Waals surface area contributed by atoms with E-state index in [9.17, 15) is 9.18 Å². The number of nitrogens with one attached hydrogen (secondary N) is 1. The predicted octanol–water partition coefficient (Wildman–Crippen LogP) is 2.05. The molecule has 1 rings (SSSR count). The van der Waals surface area contributed by atoms with E-state index in [0.717, 1.165) is 5.56 Å². The Morgan fingerprint density at radius 3 is 2.83 bits per heavy atom. The van der Waals surface area contributed by atoms with Gasteiger partial charge in [-0.2, -0.15) is 0 Å². The summed E-state index contributed by atoms with van der Waals surface area (Å²) in [4.78, 5) is 11.1. The SMILES string of the molecule is CCOC(=O)COc1cc([C@@H](C)NC)ccc1F. The van der Waals surface area contributed by atoms with E-state index in [2.05, 4.69) is 5.32 Å². The molecule has 0 aliphatic carbocycles. The normalized spacial score (nSPS) is 12.0. The lowest BCUT2D eigenvalue weighted by Crippen LogP contribution is -2.16. The molecule has 0 saturated heterocycles. The fourth-order valence-electron chi connectivity index (χ4n) is 1.41. The molecule has 18 heavy (non-hydrogen) atoms. The first-order chi connectivity index (χ1) is 8.58. The van der Waals surface area contributed by atoms with Crippen LogP contribution < -0.4 is 10.1 Å². The fourth-order valence-corrected chi connectivity index (χ4v) is 1.41. The minimum atomic E-state index is -0.510. The van der Waals surface area contributed by atoms with Crippen LogP contribution in [-0.4, -0.2) is 26.2 Å². The average Bonchev–Trinajstić information content (AvgIpc) is 2.37. The number of halogens is 1. The van der Waals surface area contributed by atoms with Crippen LogP contribution in [0.4, 0.5) is 4.39 Å². The summed E-state index contributed by atoms with van der Waals surface area (Å²) >= 11 is 0. The molecule has 0 spiro atoms. The van der Waals surface area contributed by atoms with E-state index < -0.39 is 11.8 Å². The van der Waals surface area contributed by atoms with Crippen LogP contribution in [0.15, 0.2) is 18.2 Å². The van der Waals surface area contributed by atoms with Crippen LogP contribution in [0.2, 0.25) is 0 Å². The van der Waals surface area contributed by atoms with Crippen molar-refractivity contribution in [3.8, 4) is 5.75 Å². The summed E-state index contributed by atoms with van der Waals surface area (Å²) in [7, 11) is 1.81. The van der Waals surface area contributed by atoms with Gasteiger partial charge in [0.2, 0.25) is 0 Å². The molecule has 5 heteroatoms. The number of carbonyl (C=O) groups excluding carboxylic acids is 1. The van der Waals surface area contributed by atoms with E-state index in [1.54, 1.807) is 19.1 Å². The zero-order valence-electron chi connectivity index (χ0n) is 10.8. The van der Waals surface area contributed by atoms with Crippen molar-refractivity contribution in [2.45, 2.75) is 19.9 Å². The lowest BCUT2D eigenvalue weighted by Gasteiger charge is -2.13. The van der Waals surface area contributed by atoms with Crippen molar-refractivity contribution < 1.29 is 18.7 Å². The molecule has 1 aromatic carbocycles. The van der Waals surface area contributed by atoms with Crippen molar-refractivity contribution in [1.82, 2.24) is 5.32 Å². The fraction of sp³-hybridized carbons (Fsp3) is 0.462. The molecule has 100 valence electrons. The van der Waals surface area contributed by atoms with Crippen LogP contribution >= 0.6 is 0 Å². The van der Waals surface area contributed by atoms with E-state index in [1.165, 1.54) is 6.07 Å². The summed E-state index contributed by atoms with van der Waals surface area (Å²) in [5.74, 6) is -0.946. The van der Waals surface area contributed by atoms with Gasteiger partial charge in [-0.25, -0.2) is 9.18 Å². The van der Waals surface area contributed by atoms with Gasteiger partial charge in [0.15, 0.2) is 18.2 Å². The highest BCUT2D eigenvalue weighted by Gasteiger charge is 2.10. The van der Waals surface area contributed by atoms with Gasteiger partial charge in [0.1, 0.15) is 0 Å². The predicted molar refractivity (Wildman–Crippen MR) is 66.0 cm³/mol. The quantitative estimate of drug-likeness (QED) is 0.790. The maximum atomic E-state index is 13.5. The molecule has 0 radical (unpaired) electrons. The van der Waals surface area contributed by atoms with Crippen molar-refractivity contribution in [2.75, 3.05) is 20.3 Å². The first kappa shape index (κ1) is 14.4. The molecular formula is C13H18FNO3. The molecule has 1 N–H and O–H groups in total. The number of esters is 1. The summed E-state index contributed by atoms with van der Waals surface area (Å²) in [6.07, 6.45) is 0. The van der Waals surface area contributed by atoms with Gasteiger partial charge >= 0.3 is 5.97 Å². The van der Waals surface area contributed by atoms with E-state index in [1.807, 2.05) is 14.0 Å². The largest absolute Gasteiger partial charge is 0.479 e. The zero-order chi connectivity index (χ0) is 13.5. The standard InChI is InChI=1S/C13H18FNO3/c1-4-17-13(16)8-18-12-7-10(9(2)15-3)5-6-11(12)14/h5-7,9,15H,4,8H2,1-3H3/t9-/m1/s1. The molecule has 1 aromatic rings. The van der Waals surface area contributed by atoms with Crippen LogP contribution in [0, 0.1) is 5.82 Å². The highest BCUT2D eigenvalue weighted by Crippen LogP contribution is 2.22. The summed E-state index contributed by atoms with van der Waals surface area (Å²) in [6.45, 7) is 3.64. The Kier molecular flexibility index (Phi) is 5.58. The number of rotatable bonds is 6. The molecule has 0 aromatic heterocycles. The zero-order valence-corrected chi connectivity index (χ0v) is 10.8. The monoisotopic (exact) mass is 255 g/mol. The van der Waals surface area contributed by atoms with E-state index in [0.29, 0.717) is 0 Å². The highest BCUT2D eigenvalue weighted by molar-refractivity contribution is 5.71. The molecule has 0 saturated carbocycles. The summed E-state index contributed by atoms with van der Waals surface area (Å²) < 4.78 is 23.3. The van der Waals surface area contributed by atoms with E-state index in [4.69, 9.17) is 9.47 Å². The smallest absolute Gasteiger partial charge is 0.344 e. The Labute approximate surface area is 106 Å². The molecule has 0 amide bonds. The molecule has 4 nitrogen and oxygen atoms in total. The van der Waals surface area contributed by atoms with Crippen molar-refractivity contribution in [1.29, 1.82) is 0 Å². The van der Waals surface area contributed by atoms with Crippen molar-refractivity contribution in [3.63, 3.8) is 0 Å². The van der Waals surface area contributed by atoms with Gasteiger partial charge < -0.3 is 14.8 Å². The molecule has 0 aliphatic rings. The second-order valence-electron chi connectivity index (χ2n) is 3.79. The molecule has 0 heterocycles. The van der Waals surface area contributed by atoms with Crippen molar-refractivity contribution in [3.05, 3.63) is 29.6 Å². The number of hydrogen-bond acceptors (Lipinski definition) is 4. The van der Waals surface area contributed by atoms with Gasteiger partial charge in [0.25, 0.3) is 0 Å². The van der Waals surface area contributed by atoms with E-state index in [-0.39, 0.29) is 25.0 Å². The summed E-state index contributed by atoms with van der Waals surface area (Å²) in [5, 5.41) is 3.04. The Bertz CT molecular complexity index is 409. The summed E-state index contributed by atoms with van der Waals surface area (Å²) in [6, 6.07) is 4.66. The maximum Gasteiger partial charge on any atom is 0.344 e. The van der Waals surface area contributed by atoms with Crippen LogP contribution in [0.3, 0.4) is 0 Å². The first-order valence-electron chi connectivity index (χ1n) is 5.83. The Morgan fingerprint density at radius 2 is 2.22 bits per heavy atom. The first-order valence-corrected chi connectivity index (χ1v) is 5.83. The highest BCUT2D eigenvalue weighted by atomic mass is 19.1. The lowest BCUT2D eigenvalue weighted by molar-refractivity contribution is -0.145. The van der Waals surface area contributed by atoms with Gasteiger partial charge in [-0.3, -0.25) is 0 Å². The van der Waals surface area contributed by atoms with Crippen LogP contribution in [0.5, 0.6) is 5.75 Å². The molecule has 0 fully saturated rings. The van der Waals surface area contributed by atoms with Crippen LogP contribution in [-0.2, 0) is 9.53 Å². The summed E-state index contributed by atoms with van der Waals surface area (Å²) in [5.41, 5.74) is 0.887. The number of ether oxygens (including phenoxy) is 2. The minimum Gasteiger partial charge on any atom is -0.479 e. The van der Waals surface area contributed by atoms with Gasteiger partial charge in [0.05, 0.1) is 6.61 Å². The maximum absolute atomic E-state index is 13.5. The third-order valence-electron chi connectivity index (χ3n) is 2.54. The molecule has 0 bridgehead atoms. The van der Waals surface area contributed by atoms with Crippen molar-refractivity contribution in [2.24, 2.45) is 0 Å². The number of carbonyl (C=O) groups is 1. The van der Waals surface area contributed by atoms with Gasteiger partial charge in [0, 0.05) is 6.04 Å². The lowest BCUT2D eigenvalue weighted by atomic mass is 10.1. The van der Waals surface area contributed by atoms with Crippen molar-refractivity contribution >= 4 is 5.97 Å². The molecule has 0 unspecified atom stereocenters. The van der Waals surface area contributed by atoms with Crippen LogP contribution in [0.25, 0.3) is 0 Å². The second kappa shape index (κ2) is 6.96. The van der Waals surface area contributed by atoms with Gasteiger partial charge in [-0.05, 0) is 38.6 Å². The number of hydrogen-bond donors (Lipinski definition) is 1. The number of benzene rings is 1. The Morgan fingerprint density at radius 1 is 1.50 bits per heavy atom. The van der Waals surface area contributed by atoms with Gasteiger partial charge in [-0.1, -0.05) is 6.07 Å². The molecule has 1 atom stereocenters. The average molecular weight is 255 g/mol. The third kappa shape index (κ3) is 4.00.